The molecule has 0 bridgehead atoms. The molecule has 0 radical (unpaired) electrons. The van der Waals surface area contributed by atoms with Crippen LogP contribution in [-0.4, -0.2) is 26.2 Å². The summed E-state index contributed by atoms with van der Waals surface area (Å²) in [5.74, 6) is 0. The summed E-state index contributed by atoms with van der Waals surface area (Å²) in [6, 6.07) is 0. The number of hydrogen-bond donors (Lipinski definition) is 2. The summed E-state index contributed by atoms with van der Waals surface area (Å²) in [6.07, 6.45) is 2.46. The third-order valence-corrected chi connectivity index (χ3v) is 3.60. The first kappa shape index (κ1) is 15.9. The van der Waals surface area contributed by atoms with Gasteiger partial charge in [-0.25, -0.2) is 0 Å². The minimum absolute atomic E-state index is 0.433. The van der Waals surface area contributed by atoms with Crippen molar-refractivity contribution in [3.05, 3.63) is 0 Å². The van der Waals surface area contributed by atoms with Gasteiger partial charge in [-0.05, 0) is 23.7 Å². The van der Waals surface area contributed by atoms with Crippen LogP contribution in [0.1, 0.15) is 54.4 Å². The summed E-state index contributed by atoms with van der Waals surface area (Å²) in [5, 5.41) is 7.04. The Labute approximate surface area is 103 Å². The highest BCUT2D eigenvalue weighted by Gasteiger charge is 2.15. The van der Waals surface area contributed by atoms with Gasteiger partial charge >= 0.3 is 0 Å². The normalized spacial score (nSPS) is 13.1. The summed E-state index contributed by atoms with van der Waals surface area (Å²) in [6.45, 7) is 18.1. The maximum Gasteiger partial charge on any atom is 0.00769 e. The third-order valence-electron chi connectivity index (χ3n) is 3.60. The predicted octanol–water partition coefficient (Wildman–Crippen LogP) is 3.04. The first-order valence-electron chi connectivity index (χ1n) is 6.74. The molecule has 0 rings (SSSR count). The van der Waals surface area contributed by atoms with E-state index in [2.05, 4.69) is 52.2 Å². The van der Waals surface area contributed by atoms with Crippen molar-refractivity contribution in [1.29, 1.82) is 0 Å². The molecule has 0 saturated carbocycles. The lowest BCUT2D eigenvalue weighted by molar-refractivity contribution is 0.313. The molecule has 0 aliphatic rings. The Morgan fingerprint density at radius 1 is 0.688 bits per heavy atom. The van der Waals surface area contributed by atoms with E-state index in [1.807, 2.05) is 0 Å². The van der Waals surface area contributed by atoms with Gasteiger partial charge in [0.1, 0.15) is 0 Å². The van der Waals surface area contributed by atoms with Crippen molar-refractivity contribution in [3.63, 3.8) is 0 Å². The molecule has 0 amide bonds. The van der Waals surface area contributed by atoms with Gasteiger partial charge in [-0.2, -0.15) is 0 Å². The monoisotopic (exact) mass is 228 g/mol. The molecule has 0 aromatic rings. The second-order valence-corrected chi connectivity index (χ2v) is 6.39. The molecule has 0 fully saturated rings. The molecule has 2 heteroatoms. The van der Waals surface area contributed by atoms with Gasteiger partial charge in [0.05, 0.1) is 0 Å². The quantitative estimate of drug-likeness (QED) is 0.593. The average molecular weight is 228 g/mol. The fourth-order valence-electron chi connectivity index (χ4n) is 1.28. The van der Waals surface area contributed by atoms with Crippen molar-refractivity contribution < 1.29 is 0 Å². The molecule has 0 aromatic heterocycles. The van der Waals surface area contributed by atoms with E-state index < -0.39 is 0 Å². The molecule has 0 aliphatic carbocycles. The molecule has 0 aromatic carbocycles. The number of nitrogens with one attached hydrogen (secondary N) is 2. The highest BCUT2D eigenvalue weighted by Crippen LogP contribution is 2.18. The lowest BCUT2D eigenvalue weighted by atomic mass is 9.90. The largest absolute Gasteiger partial charge is 0.315 e. The minimum Gasteiger partial charge on any atom is -0.315 e. The zero-order valence-electron chi connectivity index (χ0n) is 12.2. The van der Waals surface area contributed by atoms with Crippen molar-refractivity contribution in [3.8, 4) is 0 Å². The molecule has 0 atom stereocenters. The van der Waals surface area contributed by atoms with Gasteiger partial charge < -0.3 is 10.6 Å². The van der Waals surface area contributed by atoms with Crippen LogP contribution in [0.3, 0.4) is 0 Å². The highest BCUT2D eigenvalue weighted by atomic mass is 14.9. The Hall–Kier alpha value is -0.0800. The van der Waals surface area contributed by atoms with E-state index in [0.717, 1.165) is 26.2 Å². The van der Waals surface area contributed by atoms with E-state index >= 15 is 0 Å². The van der Waals surface area contributed by atoms with Crippen LogP contribution in [0.15, 0.2) is 0 Å². The predicted molar refractivity (Wildman–Crippen MR) is 73.9 cm³/mol. The lowest BCUT2D eigenvalue weighted by Crippen LogP contribution is -2.37. The Morgan fingerprint density at radius 3 is 1.25 bits per heavy atom. The maximum absolute atomic E-state index is 3.52. The van der Waals surface area contributed by atoms with Crippen molar-refractivity contribution in [2.24, 2.45) is 10.8 Å². The van der Waals surface area contributed by atoms with Gasteiger partial charge in [-0.3, -0.25) is 0 Å². The van der Waals surface area contributed by atoms with Crippen molar-refractivity contribution >= 4 is 0 Å². The first-order valence-corrected chi connectivity index (χ1v) is 6.74. The van der Waals surface area contributed by atoms with Crippen molar-refractivity contribution in [2.75, 3.05) is 26.2 Å². The molecule has 98 valence electrons. The fourth-order valence-corrected chi connectivity index (χ4v) is 1.28. The fraction of sp³-hybridized carbons (Fsp3) is 1.00. The Balaban J connectivity index is 3.42. The molecular weight excluding hydrogens is 196 g/mol. The third kappa shape index (κ3) is 8.12. The standard InChI is InChI=1S/C14H32N2/c1-7-13(3,4)11-15-9-10-16-12-14(5,6)8-2/h15-16H,7-12H2,1-6H3. The average Bonchev–Trinajstić information content (AvgIpc) is 2.23. The summed E-state index contributed by atoms with van der Waals surface area (Å²) in [5.41, 5.74) is 0.866. The van der Waals surface area contributed by atoms with Crippen LogP contribution in [-0.2, 0) is 0 Å². The molecule has 2 N–H and O–H groups in total. The summed E-state index contributed by atoms with van der Waals surface area (Å²) in [4.78, 5) is 0. The van der Waals surface area contributed by atoms with Gasteiger partial charge in [0, 0.05) is 26.2 Å². The van der Waals surface area contributed by atoms with Gasteiger partial charge in [0.25, 0.3) is 0 Å². The van der Waals surface area contributed by atoms with Crippen LogP contribution in [0.5, 0.6) is 0 Å². The first-order chi connectivity index (χ1) is 7.33. The summed E-state index contributed by atoms with van der Waals surface area (Å²) in [7, 11) is 0. The second kappa shape index (κ2) is 7.29. The zero-order chi connectivity index (χ0) is 12.7. The topological polar surface area (TPSA) is 24.1 Å². The Morgan fingerprint density at radius 2 is 1.00 bits per heavy atom. The van der Waals surface area contributed by atoms with E-state index in [1.165, 1.54) is 12.8 Å². The second-order valence-electron chi connectivity index (χ2n) is 6.39. The smallest absolute Gasteiger partial charge is 0.00769 e. The van der Waals surface area contributed by atoms with Crippen LogP contribution in [0.2, 0.25) is 0 Å². The van der Waals surface area contributed by atoms with Gasteiger partial charge in [0.15, 0.2) is 0 Å². The maximum atomic E-state index is 3.52. The Kier molecular flexibility index (Phi) is 7.25. The van der Waals surface area contributed by atoms with Gasteiger partial charge in [-0.1, -0.05) is 41.5 Å². The van der Waals surface area contributed by atoms with Gasteiger partial charge in [0.2, 0.25) is 0 Å². The van der Waals surface area contributed by atoms with E-state index in [0.29, 0.717) is 10.8 Å². The van der Waals surface area contributed by atoms with Crippen molar-refractivity contribution in [1.82, 2.24) is 10.6 Å². The molecule has 2 nitrogen and oxygen atoms in total. The minimum atomic E-state index is 0.433. The molecule has 0 heterocycles. The highest BCUT2D eigenvalue weighted by molar-refractivity contribution is 4.71. The van der Waals surface area contributed by atoms with Crippen LogP contribution in [0.25, 0.3) is 0 Å². The van der Waals surface area contributed by atoms with Crippen molar-refractivity contribution in [2.45, 2.75) is 54.4 Å². The molecule has 0 unspecified atom stereocenters. The number of hydrogen-bond acceptors (Lipinski definition) is 2. The Bertz CT molecular complexity index is 154. The summed E-state index contributed by atoms with van der Waals surface area (Å²) < 4.78 is 0. The van der Waals surface area contributed by atoms with Crippen LogP contribution >= 0.6 is 0 Å². The zero-order valence-corrected chi connectivity index (χ0v) is 12.2. The van der Waals surface area contributed by atoms with E-state index in [9.17, 15) is 0 Å². The van der Waals surface area contributed by atoms with Gasteiger partial charge in [-0.15, -0.1) is 0 Å². The molecule has 16 heavy (non-hydrogen) atoms. The lowest BCUT2D eigenvalue weighted by Gasteiger charge is -2.24. The van der Waals surface area contributed by atoms with Crippen LogP contribution in [0.4, 0.5) is 0 Å². The van der Waals surface area contributed by atoms with E-state index in [4.69, 9.17) is 0 Å². The van der Waals surface area contributed by atoms with Crippen LogP contribution in [0, 0.1) is 10.8 Å². The molecule has 0 spiro atoms. The number of rotatable bonds is 9. The SMILES string of the molecule is CCC(C)(C)CNCCNCC(C)(C)CC. The van der Waals surface area contributed by atoms with E-state index in [-0.39, 0.29) is 0 Å². The summed E-state index contributed by atoms with van der Waals surface area (Å²) >= 11 is 0. The molecule has 0 aliphatic heterocycles. The molecular formula is C14H32N2. The van der Waals surface area contributed by atoms with E-state index in [1.54, 1.807) is 0 Å². The molecule has 0 saturated heterocycles. The van der Waals surface area contributed by atoms with Crippen LogP contribution < -0.4 is 10.6 Å².